The Bertz CT molecular complexity index is 834. The van der Waals surface area contributed by atoms with Gasteiger partial charge in [0.25, 0.3) is 0 Å². The Balaban J connectivity index is 1.82. The highest BCUT2D eigenvalue weighted by Crippen LogP contribution is 2.33. The number of carbonyl (C=O) groups is 2. The predicted octanol–water partition coefficient (Wildman–Crippen LogP) is 3.11. The SMILES string of the molecule is CCCn1c(SCCN2C(=O)CNC2=O)nc2ccc(C(F)(F)F)cc21. The first-order valence-electron chi connectivity index (χ1n) is 8.09. The Labute approximate surface area is 151 Å². The molecular formula is C16H17F3N4O2S. The highest BCUT2D eigenvalue weighted by molar-refractivity contribution is 7.99. The second-order valence-corrected chi connectivity index (χ2v) is 6.86. The number of nitrogens with zero attached hydrogens (tertiary/aromatic N) is 3. The summed E-state index contributed by atoms with van der Waals surface area (Å²) in [5.74, 6) is 0.130. The number of halogens is 3. The predicted molar refractivity (Wildman–Crippen MR) is 90.9 cm³/mol. The van der Waals surface area contributed by atoms with Gasteiger partial charge in [0.15, 0.2) is 5.16 Å². The van der Waals surface area contributed by atoms with E-state index in [1.54, 1.807) is 4.57 Å². The van der Waals surface area contributed by atoms with E-state index in [9.17, 15) is 22.8 Å². The van der Waals surface area contributed by atoms with Crippen molar-refractivity contribution in [2.45, 2.75) is 31.2 Å². The molecule has 2 aromatic rings. The number of aromatic nitrogens is 2. The number of thioether (sulfide) groups is 1. The first-order chi connectivity index (χ1) is 12.3. The average Bonchev–Trinajstić information content (AvgIpc) is 3.08. The smallest absolute Gasteiger partial charge is 0.329 e. The van der Waals surface area contributed by atoms with Crippen molar-refractivity contribution in [1.82, 2.24) is 19.8 Å². The van der Waals surface area contributed by atoms with Gasteiger partial charge < -0.3 is 9.88 Å². The summed E-state index contributed by atoms with van der Waals surface area (Å²) in [5.41, 5.74) is 0.209. The van der Waals surface area contributed by atoms with Gasteiger partial charge in [-0.15, -0.1) is 0 Å². The van der Waals surface area contributed by atoms with E-state index in [-0.39, 0.29) is 19.0 Å². The maximum Gasteiger partial charge on any atom is 0.416 e. The number of alkyl halides is 3. The number of rotatable bonds is 6. The number of urea groups is 1. The highest BCUT2D eigenvalue weighted by atomic mass is 32.2. The van der Waals surface area contributed by atoms with Gasteiger partial charge in [0, 0.05) is 18.8 Å². The molecule has 3 amide bonds. The number of imidazole rings is 1. The van der Waals surface area contributed by atoms with Crippen LogP contribution in [0.25, 0.3) is 11.0 Å². The molecule has 0 atom stereocenters. The maximum atomic E-state index is 13.0. The molecule has 1 N–H and O–H groups in total. The highest BCUT2D eigenvalue weighted by Gasteiger charge is 2.31. The number of hydrogen-bond acceptors (Lipinski definition) is 4. The normalized spacial score (nSPS) is 15.2. The molecule has 140 valence electrons. The molecule has 0 aliphatic carbocycles. The lowest BCUT2D eigenvalue weighted by molar-refractivity contribution is -0.137. The van der Waals surface area contributed by atoms with E-state index in [2.05, 4.69) is 10.3 Å². The molecule has 1 aliphatic rings. The summed E-state index contributed by atoms with van der Waals surface area (Å²) in [6.07, 6.45) is -3.67. The van der Waals surface area contributed by atoms with Crippen molar-refractivity contribution in [2.24, 2.45) is 0 Å². The van der Waals surface area contributed by atoms with E-state index in [4.69, 9.17) is 0 Å². The van der Waals surface area contributed by atoms with Gasteiger partial charge in [-0.2, -0.15) is 13.2 Å². The third kappa shape index (κ3) is 3.64. The third-order valence-electron chi connectivity index (χ3n) is 3.97. The van der Waals surface area contributed by atoms with Crippen LogP contribution < -0.4 is 5.32 Å². The van der Waals surface area contributed by atoms with E-state index >= 15 is 0 Å². The van der Waals surface area contributed by atoms with Crippen molar-refractivity contribution >= 4 is 34.7 Å². The number of amides is 3. The van der Waals surface area contributed by atoms with Gasteiger partial charge in [-0.1, -0.05) is 18.7 Å². The number of hydrogen-bond donors (Lipinski definition) is 1. The first kappa shape index (κ1) is 18.6. The van der Waals surface area contributed by atoms with Crippen LogP contribution in [0.3, 0.4) is 0 Å². The summed E-state index contributed by atoms with van der Waals surface area (Å²) in [5, 5.41) is 3.02. The summed E-state index contributed by atoms with van der Waals surface area (Å²) in [4.78, 5) is 28.6. The van der Waals surface area contributed by atoms with Gasteiger partial charge in [0.1, 0.15) is 0 Å². The number of benzene rings is 1. The van der Waals surface area contributed by atoms with E-state index in [0.717, 1.165) is 23.5 Å². The van der Waals surface area contributed by atoms with Crippen LogP contribution in [-0.4, -0.2) is 45.2 Å². The van der Waals surface area contributed by atoms with Crippen LogP contribution in [0.2, 0.25) is 0 Å². The Morgan fingerprint density at radius 3 is 2.65 bits per heavy atom. The Morgan fingerprint density at radius 1 is 1.27 bits per heavy atom. The van der Waals surface area contributed by atoms with Crippen molar-refractivity contribution in [3.8, 4) is 0 Å². The van der Waals surface area contributed by atoms with E-state index < -0.39 is 17.8 Å². The fourth-order valence-electron chi connectivity index (χ4n) is 2.74. The van der Waals surface area contributed by atoms with Crippen LogP contribution in [0, 0.1) is 0 Å². The van der Waals surface area contributed by atoms with Crippen LogP contribution in [0.1, 0.15) is 18.9 Å². The molecule has 0 saturated carbocycles. The van der Waals surface area contributed by atoms with Crippen LogP contribution in [0.15, 0.2) is 23.4 Å². The minimum atomic E-state index is -4.41. The number of nitrogens with one attached hydrogen (secondary N) is 1. The molecule has 2 heterocycles. The van der Waals surface area contributed by atoms with Crippen LogP contribution in [0.4, 0.5) is 18.0 Å². The number of imide groups is 1. The molecule has 1 aromatic heterocycles. The Kier molecular flexibility index (Phi) is 5.12. The lowest BCUT2D eigenvalue weighted by atomic mass is 10.2. The second kappa shape index (κ2) is 7.18. The quantitative estimate of drug-likeness (QED) is 0.612. The summed E-state index contributed by atoms with van der Waals surface area (Å²) in [7, 11) is 0. The van der Waals surface area contributed by atoms with E-state index in [0.29, 0.717) is 28.5 Å². The van der Waals surface area contributed by atoms with Gasteiger partial charge >= 0.3 is 12.2 Å². The molecule has 0 spiro atoms. The molecule has 0 radical (unpaired) electrons. The molecule has 0 bridgehead atoms. The Hall–Kier alpha value is -2.23. The van der Waals surface area contributed by atoms with E-state index in [1.165, 1.54) is 17.8 Å². The standard InChI is InChI=1S/C16H17F3N4O2S/c1-2-5-22-12-8-10(16(17,18)19)3-4-11(12)21-15(22)26-7-6-23-13(24)9-20-14(23)25/h3-4,8H,2,5-7,9H2,1H3,(H,20,25). The fourth-order valence-corrected chi connectivity index (χ4v) is 3.70. The van der Waals surface area contributed by atoms with Gasteiger partial charge in [-0.3, -0.25) is 9.69 Å². The fraction of sp³-hybridized carbons (Fsp3) is 0.438. The minimum absolute atomic E-state index is 0.00192. The second-order valence-electron chi connectivity index (χ2n) is 5.80. The summed E-state index contributed by atoms with van der Waals surface area (Å²) >= 11 is 1.31. The van der Waals surface area contributed by atoms with Crippen molar-refractivity contribution in [3.05, 3.63) is 23.8 Å². The maximum absolute atomic E-state index is 13.0. The van der Waals surface area contributed by atoms with Gasteiger partial charge in [0.2, 0.25) is 5.91 Å². The minimum Gasteiger partial charge on any atom is -0.329 e. The zero-order valence-corrected chi connectivity index (χ0v) is 14.8. The summed E-state index contributed by atoms with van der Waals surface area (Å²) in [6, 6.07) is 3.07. The van der Waals surface area contributed by atoms with Crippen molar-refractivity contribution < 1.29 is 22.8 Å². The number of fused-ring (bicyclic) bond motifs is 1. The zero-order chi connectivity index (χ0) is 18.9. The monoisotopic (exact) mass is 386 g/mol. The molecular weight excluding hydrogens is 369 g/mol. The summed E-state index contributed by atoms with van der Waals surface area (Å²) in [6.45, 7) is 2.68. The number of carbonyl (C=O) groups excluding carboxylic acids is 2. The van der Waals surface area contributed by atoms with Crippen molar-refractivity contribution in [1.29, 1.82) is 0 Å². The van der Waals surface area contributed by atoms with Crippen molar-refractivity contribution in [3.63, 3.8) is 0 Å². The molecule has 1 aromatic carbocycles. The lowest BCUT2D eigenvalue weighted by Gasteiger charge is -2.12. The molecule has 1 fully saturated rings. The molecule has 10 heteroatoms. The van der Waals surface area contributed by atoms with Gasteiger partial charge in [-0.25, -0.2) is 9.78 Å². The molecule has 26 heavy (non-hydrogen) atoms. The molecule has 1 saturated heterocycles. The molecule has 1 aliphatic heterocycles. The zero-order valence-electron chi connectivity index (χ0n) is 14.0. The summed E-state index contributed by atoms with van der Waals surface area (Å²) < 4.78 is 40.7. The van der Waals surface area contributed by atoms with Gasteiger partial charge in [-0.05, 0) is 24.6 Å². The molecule has 3 rings (SSSR count). The van der Waals surface area contributed by atoms with Crippen LogP contribution in [-0.2, 0) is 17.5 Å². The van der Waals surface area contributed by atoms with E-state index in [1.807, 2.05) is 6.92 Å². The first-order valence-corrected chi connectivity index (χ1v) is 9.08. The lowest BCUT2D eigenvalue weighted by Crippen LogP contribution is -2.32. The van der Waals surface area contributed by atoms with Crippen LogP contribution >= 0.6 is 11.8 Å². The third-order valence-corrected chi connectivity index (χ3v) is 4.93. The largest absolute Gasteiger partial charge is 0.416 e. The van der Waals surface area contributed by atoms with Crippen molar-refractivity contribution in [2.75, 3.05) is 18.8 Å². The molecule has 0 unspecified atom stereocenters. The Morgan fingerprint density at radius 2 is 2.04 bits per heavy atom. The molecule has 6 nitrogen and oxygen atoms in total. The van der Waals surface area contributed by atoms with Crippen LogP contribution in [0.5, 0.6) is 0 Å². The average molecular weight is 386 g/mol. The number of aryl methyl sites for hydroxylation is 1. The van der Waals surface area contributed by atoms with Gasteiger partial charge in [0.05, 0.1) is 23.1 Å². The topological polar surface area (TPSA) is 67.2 Å².